The lowest BCUT2D eigenvalue weighted by Crippen LogP contribution is -2.42. The van der Waals surface area contributed by atoms with E-state index in [1.54, 1.807) is 0 Å². The molecule has 0 saturated heterocycles. The summed E-state index contributed by atoms with van der Waals surface area (Å²) in [7, 11) is 1.83. The zero-order valence-electron chi connectivity index (χ0n) is 14.0. The van der Waals surface area contributed by atoms with Crippen LogP contribution in [-0.4, -0.2) is 43.7 Å². The molecular formula is C18H17Cl3N2O3. The van der Waals surface area contributed by atoms with Gasteiger partial charge in [-0.05, 0) is 31.3 Å². The second-order valence-electron chi connectivity index (χ2n) is 5.99. The van der Waals surface area contributed by atoms with E-state index >= 15 is 0 Å². The van der Waals surface area contributed by atoms with Gasteiger partial charge in [-0.2, -0.15) is 0 Å². The van der Waals surface area contributed by atoms with Gasteiger partial charge in [0.15, 0.2) is 11.5 Å². The van der Waals surface area contributed by atoms with E-state index in [2.05, 4.69) is 5.32 Å². The van der Waals surface area contributed by atoms with Crippen molar-refractivity contribution in [1.82, 2.24) is 4.90 Å². The van der Waals surface area contributed by atoms with E-state index in [0.717, 1.165) is 5.75 Å². The first-order valence-electron chi connectivity index (χ1n) is 7.94. The average Bonchev–Trinajstić information content (AvgIpc) is 2.59. The molecule has 1 unspecified atom stereocenters. The number of rotatable bonds is 5. The minimum Gasteiger partial charge on any atom is -0.486 e. The Kier molecular flexibility index (Phi) is 6.14. The summed E-state index contributed by atoms with van der Waals surface area (Å²) in [5.41, 5.74) is 0.422. The molecule has 0 bridgehead atoms. The molecule has 1 atom stereocenters. The van der Waals surface area contributed by atoms with Gasteiger partial charge in [0.25, 0.3) is 0 Å². The van der Waals surface area contributed by atoms with Crippen molar-refractivity contribution in [3.8, 4) is 11.5 Å². The summed E-state index contributed by atoms with van der Waals surface area (Å²) in [6.45, 7) is 1.14. The van der Waals surface area contributed by atoms with Crippen molar-refractivity contribution in [2.24, 2.45) is 0 Å². The summed E-state index contributed by atoms with van der Waals surface area (Å²) in [6, 6.07) is 10.5. The lowest BCUT2D eigenvalue weighted by atomic mass is 10.2. The molecule has 5 nitrogen and oxygen atoms in total. The van der Waals surface area contributed by atoms with Crippen LogP contribution in [0.2, 0.25) is 15.1 Å². The molecule has 0 radical (unpaired) electrons. The molecule has 1 amide bonds. The number of nitrogens with one attached hydrogen (secondary N) is 1. The Balaban J connectivity index is 1.53. The second-order valence-corrected chi connectivity index (χ2v) is 7.21. The number of hydrogen-bond acceptors (Lipinski definition) is 4. The first-order valence-corrected chi connectivity index (χ1v) is 9.07. The SMILES string of the molecule is CN(CC(=O)Nc1cc(Cl)c(Cl)cc1Cl)CC1COc2ccccc2O1. The number of carbonyl (C=O) groups is 1. The number of ether oxygens (including phenoxy) is 2. The van der Waals surface area contributed by atoms with E-state index in [0.29, 0.717) is 39.7 Å². The van der Waals surface area contributed by atoms with Gasteiger partial charge in [0.05, 0.1) is 27.3 Å². The first kappa shape index (κ1) is 19.1. The van der Waals surface area contributed by atoms with Gasteiger partial charge in [0.2, 0.25) is 5.91 Å². The molecular weight excluding hydrogens is 399 g/mol. The summed E-state index contributed by atoms with van der Waals surface area (Å²) < 4.78 is 11.6. The Bertz CT molecular complexity index is 816. The van der Waals surface area contributed by atoms with E-state index in [9.17, 15) is 4.79 Å². The Morgan fingerprint density at radius 2 is 1.85 bits per heavy atom. The Hall–Kier alpha value is -1.66. The fourth-order valence-electron chi connectivity index (χ4n) is 2.62. The van der Waals surface area contributed by atoms with Crippen LogP contribution in [0.5, 0.6) is 11.5 Å². The molecule has 0 spiro atoms. The average molecular weight is 416 g/mol. The first-order chi connectivity index (χ1) is 12.4. The molecule has 1 aliphatic rings. The van der Waals surface area contributed by atoms with Crippen LogP contribution in [-0.2, 0) is 4.79 Å². The monoisotopic (exact) mass is 414 g/mol. The third kappa shape index (κ3) is 4.74. The lowest BCUT2D eigenvalue weighted by molar-refractivity contribution is -0.117. The number of carbonyl (C=O) groups excluding carboxylic acids is 1. The third-order valence-corrected chi connectivity index (χ3v) is 4.82. The Labute approximate surface area is 166 Å². The van der Waals surface area contributed by atoms with Crippen LogP contribution in [0, 0.1) is 0 Å². The number of anilines is 1. The van der Waals surface area contributed by atoms with Crippen LogP contribution in [0.15, 0.2) is 36.4 Å². The normalized spacial score (nSPS) is 15.8. The molecule has 0 fully saturated rings. The van der Waals surface area contributed by atoms with Crippen molar-refractivity contribution in [2.75, 3.05) is 32.1 Å². The predicted molar refractivity (Wildman–Crippen MR) is 104 cm³/mol. The zero-order chi connectivity index (χ0) is 18.7. The molecule has 1 aliphatic heterocycles. The number of hydrogen-bond donors (Lipinski definition) is 1. The quantitative estimate of drug-likeness (QED) is 0.737. The fourth-order valence-corrected chi connectivity index (χ4v) is 3.21. The van der Waals surface area contributed by atoms with Crippen molar-refractivity contribution in [3.63, 3.8) is 0 Å². The molecule has 2 aromatic carbocycles. The van der Waals surface area contributed by atoms with Crippen molar-refractivity contribution in [2.45, 2.75) is 6.10 Å². The van der Waals surface area contributed by atoms with Crippen LogP contribution in [0.3, 0.4) is 0 Å². The summed E-state index contributed by atoms with van der Waals surface area (Å²) in [6.07, 6.45) is -0.156. The van der Waals surface area contributed by atoms with Gasteiger partial charge >= 0.3 is 0 Å². The minimum absolute atomic E-state index is 0.156. The van der Waals surface area contributed by atoms with E-state index in [4.69, 9.17) is 44.3 Å². The summed E-state index contributed by atoms with van der Waals surface area (Å²) in [5.74, 6) is 1.23. The summed E-state index contributed by atoms with van der Waals surface area (Å²) >= 11 is 17.9. The topological polar surface area (TPSA) is 50.8 Å². The molecule has 0 aromatic heterocycles. The van der Waals surface area contributed by atoms with Crippen LogP contribution in [0.25, 0.3) is 0 Å². The molecule has 2 aromatic rings. The van der Waals surface area contributed by atoms with Gasteiger partial charge in [-0.15, -0.1) is 0 Å². The Morgan fingerprint density at radius 1 is 1.15 bits per heavy atom. The number of para-hydroxylation sites is 2. The van der Waals surface area contributed by atoms with Gasteiger partial charge in [-0.1, -0.05) is 46.9 Å². The molecule has 0 aliphatic carbocycles. The van der Waals surface area contributed by atoms with Gasteiger partial charge in [-0.25, -0.2) is 0 Å². The molecule has 1 N–H and O–H groups in total. The van der Waals surface area contributed by atoms with Crippen LogP contribution < -0.4 is 14.8 Å². The highest BCUT2D eigenvalue weighted by atomic mass is 35.5. The number of fused-ring (bicyclic) bond motifs is 1. The zero-order valence-corrected chi connectivity index (χ0v) is 16.2. The number of amides is 1. The highest BCUT2D eigenvalue weighted by molar-refractivity contribution is 6.44. The molecule has 3 rings (SSSR count). The van der Waals surface area contributed by atoms with Gasteiger partial charge in [-0.3, -0.25) is 9.69 Å². The van der Waals surface area contributed by atoms with E-state index < -0.39 is 0 Å². The van der Waals surface area contributed by atoms with Gasteiger partial charge < -0.3 is 14.8 Å². The maximum absolute atomic E-state index is 12.3. The molecule has 138 valence electrons. The summed E-state index contributed by atoms with van der Waals surface area (Å²) in [4.78, 5) is 14.1. The molecule has 26 heavy (non-hydrogen) atoms. The van der Waals surface area contributed by atoms with Crippen molar-refractivity contribution in [1.29, 1.82) is 0 Å². The smallest absolute Gasteiger partial charge is 0.238 e. The largest absolute Gasteiger partial charge is 0.486 e. The van der Waals surface area contributed by atoms with Crippen LogP contribution in [0.1, 0.15) is 0 Å². The van der Waals surface area contributed by atoms with Crippen LogP contribution in [0.4, 0.5) is 5.69 Å². The van der Waals surface area contributed by atoms with E-state index in [1.807, 2.05) is 36.2 Å². The number of halogens is 3. The van der Waals surface area contributed by atoms with Gasteiger partial charge in [0.1, 0.15) is 12.7 Å². The minimum atomic E-state index is -0.218. The molecule has 1 heterocycles. The molecule has 0 saturated carbocycles. The van der Waals surface area contributed by atoms with Crippen molar-refractivity contribution >= 4 is 46.4 Å². The fraction of sp³-hybridized carbons (Fsp3) is 0.278. The summed E-state index contributed by atoms with van der Waals surface area (Å²) in [5, 5.41) is 3.72. The molecule has 8 heteroatoms. The highest BCUT2D eigenvalue weighted by Gasteiger charge is 2.22. The van der Waals surface area contributed by atoms with E-state index in [1.165, 1.54) is 12.1 Å². The Morgan fingerprint density at radius 3 is 2.62 bits per heavy atom. The highest BCUT2D eigenvalue weighted by Crippen LogP contribution is 2.32. The standard InChI is InChI=1S/C18H17Cl3N2O3/c1-23(8-11-10-25-16-4-2-3-5-17(16)26-11)9-18(24)22-15-7-13(20)12(19)6-14(15)21/h2-7,11H,8-10H2,1H3,(H,22,24). The number of benzene rings is 2. The maximum Gasteiger partial charge on any atom is 0.238 e. The third-order valence-electron chi connectivity index (χ3n) is 3.78. The number of nitrogens with zero attached hydrogens (tertiary/aromatic N) is 1. The van der Waals surface area contributed by atoms with Crippen molar-refractivity contribution < 1.29 is 14.3 Å². The lowest BCUT2D eigenvalue weighted by Gasteiger charge is -2.29. The second kappa shape index (κ2) is 8.35. The maximum atomic E-state index is 12.3. The number of likely N-dealkylation sites (N-methyl/N-ethyl adjacent to an activating group) is 1. The van der Waals surface area contributed by atoms with E-state index in [-0.39, 0.29) is 18.6 Å². The van der Waals surface area contributed by atoms with Crippen LogP contribution >= 0.6 is 34.8 Å². The predicted octanol–water partition coefficient (Wildman–Crippen LogP) is 4.36. The van der Waals surface area contributed by atoms with Gasteiger partial charge in [0, 0.05) is 6.54 Å². The van der Waals surface area contributed by atoms with Crippen molar-refractivity contribution in [3.05, 3.63) is 51.5 Å².